The van der Waals surface area contributed by atoms with Crippen LogP contribution in [-0.4, -0.2) is 24.7 Å². The molecule has 0 spiro atoms. The van der Waals surface area contributed by atoms with Gasteiger partial charge in [-0.3, -0.25) is 0 Å². The van der Waals surface area contributed by atoms with E-state index in [2.05, 4.69) is 42.2 Å². The maximum atomic E-state index is 5.90. The summed E-state index contributed by atoms with van der Waals surface area (Å²) < 4.78 is 5.90. The molecule has 2 aliphatic heterocycles. The third-order valence-corrected chi connectivity index (χ3v) is 5.32. The van der Waals surface area contributed by atoms with E-state index in [0.717, 1.165) is 25.5 Å². The second kappa shape index (κ2) is 6.19. The molecule has 1 saturated heterocycles. The van der Waals surface area contributed by atoms with Crippen molar-refractivity contribution >= 4 is 11.8 Å². The first-order chi connectivity index (χ1) is 9.40. The number of hydrogen-bond acceptors (Lipinski definition) is 3. The van der Waals surface area contributed by atoms with Gasteiger partial charge in [-0.2, -0.15) is 11.8 Å². The normalized spacial score (nSPS) is 23.1. The van der Waals surface area contributed by atoms with Crippen molar-refractivity contribution in [2.75, 3.05) is 24.7 Å². The van der Waals surface area contributed by atoms with Crippen LogP contribution in [0.15, 0.2) is 18.2 Å². The van der Waals surface area contributed by atoms with Gasteiger partial charge >= 0.3 is 0 Å². The van der Waals surface area contributed by atoms with Crippen molar-refractivity contribution in [3.8, 4) is 5.75 Å². The van der Waals surface area contributed by atoms with Crippen LogP contribution in [0.5, 0.6) is 5.75 Å². The van der Waals surface area contributed by atoms with Crippen molar-refractivity contribution in [1.82, 2.24) is 5.32 Å². The van der Waals surface area contributed by atoms with Crippen LogP contribution in [0.3, 0.4) is 0 Å². The van der Waals surface area contributed by atoms with Crippen LogP contribution in [0.4, 0.5) is 0 Å². The quantitative estimate of drug-likeness (QED) is 0.891. The van der Waals surface area contributed by atoms with Crippen LogP contribution in [0.25, 0.3) is 0 Å². The molecule has 0 radical (unpaired) electrons. The minimum Gasteiger partial charge on any atom is -0.493 e. The summed E-state index contributed by atoms with van der Waals surface area (Å²) in [5.41, 5.74) is 2.79. The van der Waals surface area contributed by atoms with Crippen LogP contribution < -0.4 is 10.1 Å². The molecular formula is C16H23NOS. The highest BCUT2D eigenvalue weighted by Gasteiger charge is 2.30. The first-order valence-electron chi connectivity index (χ1n) is 7.46. The highest BCUT2D eigenvalue weighted by Crippen LogP contribution is 2.40. The number of benzene rings is 1. The van der Waals surface area contributed by atoms with Crippen LogP contribution in [0.2, 0.25) is 0 Å². The Labute approximate surface area is 120 Å². The molecule has 3 heteroatoms. The lowest BCUT2D eigenvalue weighted by atomic mass is 9.90. The fourth-order valence-corrected chi connectivity index (χ4v) is 4.43. The maximum Gasteiger partial charge on any atom is 0.127 e. The molecule has 0 amide bonds. The number of hydrogen-bond donors (Lipinski definition) is 1. The average Bonchev–Trinajstić information content (AvgIpc) is 3.10. The zero-order valence-corrected chi connectivity index (χ0v) is 12.5. The van der Waals surface area contributed by atoms with E-state index in [1.807, 2.05) is 0 Å². The lowest BCUT2D eigenvalue weighted by Crippen LogP contribution is -2.29. The van der Waals surface area contributed by atoms with Gasteiger partial charge in [0.25, 0.3) is 0 Å². The Morgan fingerprint density at radius 2 is 2.42 bits per heavy atom. The summed E-state index contributed by atoms with van der Waals surface area (Å²) in [5, 5.41) is 3.76. The van der Waals surface area contributed by atoms with Gasteiger partial charge in [0.05, 0.1) is 6.61 Å². The lowest BCUT2D eigenvalue weighted by Gasteiger charge is -2.26. The Balaban J connectivity index is 1.88. The number of ether oxygens (including phenoxy) is 1. The van der Waals surface area contributed by atoms with E-state index >= 15 is 0 Å². The molecule has 2 atom stereocenters. The van der Waals surface area contributed by atoms with E-state index < -0.39 is 0 Å². The molecule has 1 fully saturated rings. The third kappa shape index (κ3) is 2.77. The standard InChI is InChI=1S/C16H23NOS/c1-2-8-17-15(13-7-10-19-11-13)14-5-3-4-12-6-9-18-16(12)14/h3-5,13,15,17H,2,6-11H2,1H3. The molecule has 2 heterocycles. The molecule has 1 aromatic carbocycles. The first kappa shape index (κ1) is 13.3. The Morgan fingerprint density at radius 3 is 3.21 bits per heavy atom. The van der Waals surface area contributed by atoms with Gasteiger partial charge in [-0.05, 0) is 42.4 Å². The topological polar surface area (TPSA) is 21.3 Å². The van der Waals surface area contributed by atoms with Crippen molar-refractivity contribution in [3.63, 3.8) is 0 Å². The van der Waals surface area contributed by atoms with Crippen LogP contribution in [-0.2, 0) is 6.42 Å². The number of rotatable bonds is 5. The second-order valence-corrected chi connectivity index (χ2v) is 6.64. The zero-order valence-electron chi connectivity index (χ0n) is 11.7. The lowest BCUT2D eigenvalue weighted by molar-refractivity contribution is 0.334. The largest absolute Gasteiger partial charge is 0.493 e. The summed E-state index contributed by atoms with van der Waals surface area (Å²) in [5.74, 6) is 4.52. The van der Waals surface area contributed by atoms with Gasteiger partial charge in [0, 0.05) is 18.0 Å². The smallest absolute Gasteiger partial charge is 0.127 e. The SMILES string of the molecule is CCCNC(c1cccc2c1OCC2)C1CCSC1. The molecule has 2 unspecified atom stereocenters. The summed E-state index contributed by atoms with van der Waals surface area (Å²) in [7, 11) is 0. The minimum atomic E-state index is 0.475. The second-order valence-electron chi connectivity index (χ2n) is 5.49. The summed E-state index contributed by atoms with van der Waals surface area (Å²) in [6.45, 7) is 4.18. The molecule has 2 aliphatic rings. The Hall–Kier alpha value is -0.670. The molecular weight excluding hydrogens is 254 g/mol. The molecule has 3 rings (SSSR count). The average molecular weight is 277 g/mol. The van der Waals surface area contributed by atoms with Gasteiger partial charge in [-0.15, -0.1) is 0 Å². The van der Waals surface area contributed by atoms with Gasteiger partial charge in [0.1, 0.15) is 5.75 Å². The summed E-state index contributed by atoms with van der Waals surface area (Å²) in [6.07, 6.45) is 3.59. The van der Waals surface area contributed by atoms with E-state index in [1.165, 1.54) is 41.2 Å². The summed E-state index contributed by atoms with van der Waals surface area (Å²) >= 11 is 2.09. The summed E-state index contributed by atoms with van der Waals surface area (Å²) in [4.78, 5) is 0. The van der Waals surface area contributed by atoms with E-state index in [0.29, 0.717) is 6.04 Å². The first-order valence-corrected chi connectivity index (χ1v) is 8.61. The molecule has 0 bridgehead atoms. The van der Waals surface area contributed by atoms with Crippen molar-refractivity contribution in [1.29, 1.82) is 0 Å². The van der Waals surface area contributed by atoms with E-state index in [9.17, 15) is 0 Å². The third-order valence-electron chi connectivity index (χ3n) is 4.13. The Morgan fingerprint density at radius 1 is 1.47 bits per heavy atom. The van der Waals surface area contributed by atoms with Crippen molar-refractivity contribution in [3.05, 3.63) is 29.3 Å². The molecule has 0 aliphatic carbocycles. The zero-order chi connectivity index (χ0) is 13.1. The molecule has 19 heavy (non-hydrogen) atoms. The molecule has 104 valence electrons. The molecule has 0 saturated carbocycles. The molecule has 1 N–H and O–H groups in total. The van der Waals surface area contributed by atoms with Gasteiger partial charge < -0.3 is 10.1 Å². The minimum absolute atomic E-state index is 0.475. The maximum absolute atomic E-state index is 5.90. The van der Waals surface area contributed by atoms with Crippen LogP contribution in [0.1, 0.15) is 36.9 Å². The molecule has 0 aromatic heterocycles. The number of fused-ring (bicyclic) bond motifs is 1. The van der Waals surface area contributed by atoms with Gasteiger partial charge in [0.15, 0.2) is 0 Å². The highest BCUT2D eigenvalue weighted by atomic mass is 32.2. The van der Waals surface area contributed by atoms with E-state index in [-0.39, 0.29) is 0 Å². The van der Waals surface area contributed by atoms with E-state index in [4.69, 9.17) is 4.74 Å². The van der Waals surface area contributed by atoms with Crippen molar-refractivity contribution in [2.45, 2.75) is 32.2 Å². The fraction of sp³-hybridized carbons (Fsp3) is 0.625. The van der Waals surface area contributed by atoms with Crippen LogP contribution >= 0.6 is 11.8 Å². The summed E-state index contributed by atoms with van der Waals surface area (Å²) in [6, 6.07) is 7.15. The number of thioether (sulfide) groups is 1. The predicted molar refractivity (Wildman–Crippen MR) is 82.1 cm³/mol. The monoisotopic (exact) mass is 277 g/mol. The Bertz CT molecular complexity index is 429. The highest BCUT2D eigenvalue weighted by molar-refractivity contribution is 7.99. The number of para-hydroxylation sites is 1. The predicted octanol–water partition coefficient (Wildman–Crippen LogP) is 3.42. The van der Waals surface area contributed by atoms with Crippen molar-refractivity contribution in [2.24, 2.45) is 5.92 Å². The molecule has 2 nitrogen and oxygen atoms in total. The number of nitrogens with one attached hydrogen (secondary N) is 1. The Kier molecular flexibility index (Phi) is 4.34. The van der Waals surface area contributed by atoms with Gasteiger partial charge in [-0.1, -0.05) is 25.1 Å². The van der Waals surface area contributed by atoms with Crippen LogP contribution in [0, 0.1) is 5.92 Å². The molecule has 1 aromatic rings. The fourth-order valence-electron chi connectivity index (χ4n) is 3.13. The van der Waals surface area contributed by atoms with E-state index in [1.54, 1.807) is 0 Å². The van der Waals surface area contributed by atoms with Gasteiger partial charge in [0.2, 0.25) is 0 Å². The van der Waals surface area contributed by atoms with Gasteiger partial charge in [-0.25, -0.2) is 0 Å². The van der Waals surface area contributed by atoms with Crippen molar-refractivity contribution < 1.29 is 4.74 Å².